The molecule has 0 unspecified atom stereocenters. The number of benzene rings is 5. The van der Waals surface area contributed by atoms with E-state index in [4.69, 9.17) is 19.9 Å². The van der Waals surface area contributed by atoms with E-state index in [9.17, 15) is 10.5 Å². The van der Waals surface area contributed by atoms with E-state index in [1.807, 2.05) is 78.9 Å². The van der Waals surface area contributed by atoms with Gasteiger partial charge in [-0.05, 0) is 54.6 Å². The van der Waals surface area contributed by atoms with Crippen LogP contribution in [0.25, 0.3) is 88.6 Å². The van der Waals surface area contributed by atoms with Crippen LogP contribution in [0, 0.1) is 22.7 Å². The first-order valence-electron chi connectivity index (χ1n) is 16.2. The molecule has 0 saturated carbocycles. The van der Waals surface area contributed by atoms with Crippen molar-refractivity contribution in [2.45, 2.75) is 0 Å². The molecule has 0 N–H and O–H groups in total. The van der Waals surface area contributed by atoms with Crippen molar-refractivity contribution in [1.29, 1.82) is 10.5 Å². The first kappa shape index (κ1) is 28.9. The van der Waals surface area contributed by atoms with Crippen LogP contribution in [0.1, 0.15) is 11.1 Å². The summed E-state index contributed by atoms with van der Waals surface area (Å²) in [5.74, 6) is 0. The highest BCUT2D eigenvalue weighted by molar-refractivity contribution is 6.05. The van der Waals surface area contributed by atoms with Crippen molar-refractivity contribution in [3.05, 3.63) is 157 Å². The summed E-state index contributed by atoms with van der Waals surface area (Å²) in [6, 6.07) is 52.4. The van der Waals surface area contributed by atoms with Gasteiger partial charge in [0.1, 0.15) is 0 Å². The van der Waals surface area contributed by atoms with E-state index in [0.717, 1.165) is 88.6 Å². The fourth-order valence-corrected chi connectivity index (χ4v) is 6.45. The SMILES string of the molecule is N#Cc1ccc(-c2ccc3ccc4ccc(-c5cccc(-c6ccc7ccc8ccc(-c9ccc(C#N)cc9)nc8c7n6)c5)nc4c3n2)cc1. The Morgan fingerprint density at radius 3 is 0.940 bits per heavy atom. The zero-order valence-electron chi connectivity index (χ0n) is 26.5. The van der Waals surface area contributed by atoms with Gasteiger partial charge in [-0.2, -0.15) is 10.5 Å². The summed E-state index contributed by atoms with van der Waals surface area (Å²) in [4.78, 5) is 20.4. The molecule has 6 heteroatoms. The third-order valence-electron chi connectivity index (χ3n) is 9.11. The molecule has 230 valence electrons. The van der Waals surface area contributed by atoms with Crippen molar-refractivity contribution < 1.29 is 0 Å². The highest BCUT2D eigenvalue weighted by Crippen LogP contribution is 2.32. The van der Waals surface area contributed by atoms with E-state index in [-0.39, 0.29) is 0 Å². The number of nitriles is 2. The molecule has 0 radical (unpaired) electrons. The van der Waals surface area contributed by atoms with Crippen LogP contribution in [0.5, 0.6) is 0 Å². The maximum Gasteiger partial charge on any atom is 0.0991 e. The summed E-state index contributed by atoms with van der Waals surface area (Å²) in [5.41, 5.74) is 11.8. The minimum atomic E-state index is 0.617. The van der Waals surface area contributed by atoms with Crippen LogP contribution >= 0.6 is 0 Å². The fourth-order valence-electron chi connectivity index (χ4n) is 6.45. The Morgan fingerprint density at radius 1 is 0.320 bits per heavy atom. The van der Waals surface area contributed by atoms with Crippen molar-refractivity contribution in [2.24, 2.45) is 0 Å². The predicted molar refractivity (Wildman–Crippen MR) is 199 cm³/mol. The van der Waals surface area contributed by atoms with Crippen molar-refractivity contribution in [2.75, 3.05) is 0 Å². The summed E-state index contributed by atoms with van der Waals surface area (Å²) in [6.45, 7) is 0. The first-order chi connectivity index (χ1) is 24.6. The van der Waals surface area contributed by atoms with Gasteiger partial charge in [-0.25, -0.2) is 19.9 Å². The Morgan fingerprint density at radius 2 is 0.620 bits per heavy atom. The Balaban J connectivity index is 1.12. The molecular weight excluding hydrogens is 613 g/mol. The second kappa shape index (κ2) is 11.8. The number of pyridine rings is 4. The first-order valence-corrected chi connectivity index (χ1v) is 16.2. The number of nitrogens with zero attached hydrogens (tertiary/aromatic N) is 6. The predicted octanol–water partition coefficient (Wildman–Crippen LogP) is 10.3. The van der Waals surface area contributed by atoms with Crippen molar-refractivity contribution in [3.63, 3.8) is 0 Å². The molecule has 0 aliphatic carbocycles. The smallest absolute Gasteiger partial charge is 0.0991 e. The standard InChI is InChI=1S/C44H24N6/c45-25-27-4-8-29(9-5-27)37-20-16-31-12-14-33-18-22-39(49-43(33)41(31)47-37)35-2-1-3-36(24-35)40-23-19-34-15-13-32-17-21-38(48-42(32)44(34)50-40)30-10-6-28(26-46)7-11-30/h1-24H. The number of aromatic nitrogens is 4. The van der Waals surface area contributed by atoms with Gasteiger partial charge in [-0.3, -0.25) is 0 Å². The summed E-state index contributed by atoms with van der Waals surface area (Å²) in [6.07, 6.45) is 0. The highest BCUT2D eigenvalue weighted by atomic mass is 14.8. The molecule has 4 heterocycles. The zero-order valence-corrected chi connectivity index (χ0v) is 26.5. The topological polar surface area (TPSA) is 99.1 Å². The molecule has 4 aromatic heterocycles. The van der Waals surface area contributed by atoms with Gasteiger partial charge in [-0.15, -0.1) is 0 Å². The van der Waals surface area contributed by atoms with E-state index in [1.54, 1.807) is 0 Å². The number of hydrogen-bond acceptors (Lipinski definition) is 6. The molecule has 0 atom stereocenters. The Hall–Kier alpha value is -7.28. The molecule has 0 bridgehead atoms. The number of hydrogen-bond donors (Lipinski definition) is 0. The lowest BCUT2D eigenvalue weighted by Crippen LogP contribution is -1.92. The lowest BCUT2D eigenvalue weighted by atomic mass is 10.0. The van der Waals surface area contributed by atoms with E-state index in [0.29, 0.717) is 11.1 Å². The third kappa shape index (κ3) is 5.06. The highest BCUT2D eigenvalue weighted by Gasteiger charge is 2.12. The lowest BCUT2D eigenvalue weighted by Gasteiger charge is -2.10. The normalized spacial score (nSPS) is 11.2. The largest absolute Gasteiger partial charge is 0.245 e. The van der Waals surface area contributed by atoms with E-state index in [2.05, 4.69) is 78.9 Å². The van der Waals surface area contributed by atoms with Crippen LogP contribution in [-0.4, -0.2) is 19.9 Å². The molecule has 9 rings (SSSR count). The zero-order chi connectivity index (χ0) is 33.6. The molecule has 0 aliphatic rings. The quantitative estimate of drug-likeness (QED) is 0.178. The van der Waals surface area contributed by atoms with Gasteiger partial charge in [-0.1, -0.05) is 91.0 Å². The Bertz CT molecular complexity index is 2690. The molecule has 0 fully saturated rings. The van der Waals surface area contributed by atoms with Crippen LogP contribution in [0.3, 0.4) is 0 Å². The second-order valence-electron chi connectivity index (χ2n) is 12.2. The number of fused-ring (bicyclic) bond motifs is 6. The van der Waals surface area contributed by atoms with E-state index in [1.165, 1.54) is 0 Å². The maximum absolute atomic E-state index is 9.21. The molecule has 6 nitrogen and oxygen atoms in total. The molecule has 0 amide bonds. The van der Waals surface area contributed by atoms with Crippen LogP contribution < -0.4 is 0 Å². The fraction of sp³-hybridized carbons (Fsp3) is 0. The van der Waals surface area contributed by atoms with Crippen LogP contribution in [0.2, 0.25) is 0 Å². The summed E-state index contributed by atoms with van der Waals surface area (Å²) in [7, 11) is 0. The Kier molecular flexibility index (Phi) is 6.79. The van der Waals surface area contributed by atoms with Crippen LogP contribution in [-0.2, 0) is 0 Å². The molecule has 0 spiro atoms. The van der Waals surface area contributed by atoms with Gasteiger partial charge in [0.15, 0.2) is 0 Å². The van der Waals surface area contributed by atoms with E-state index >= 15 is 0 Å². The van der Waals surface area contributed by atoms with Gasteiger partial charge in [0, 0.05) is 43.8 Å². The molecule has 9 aromatic rings. The Labute approximate surface area is 287 Å². The average Bonchev–Trinajstić information content (AvgIpc) is 3.20. The molecule has 50 heavy (non-hydrogen) atoms. The summed E-state index contributed by atoms with van der Waals surface area (Å²) in [5, 5.41) is 22.5. The van der Waals surface area contributed by atoms with Gasteiger partial charge < -0.3 is 0 Å². The van der Waals surface area contributed by atoms with Gasteiger partial charge in [0.25, 0.3) is 0 Å². The van der Waals surface area contributed by atoms with E-state index < -0.39 is 0 Å². The van der Waals surface area contributed by atoms with Crippen LogP contribution in [0.4, 0.5) is 0 Å². The van der Waals surface area contributed by atoms with Crippen molar-refractivity contribution >= 4 is 43.6 Å². The lowest BCUT2D eigenvalue weighted by molar-refractivity contribution is 1.35. The third-order valence-corrected chi connectivity index (χ3v) is 9.11. The minimum Gasteiger partial charge on any atom is -0.245 e. The molecule has 0 saturated heterocycles. The van der Waals surface area contributed by atoms with Gasteiger partial charge >= 0.3 is 0 Å². The van der Waals surface area contributed by atoms with Crippen LogP contribution in [0.15, 0.2) is 146 Å². The maximum atomic E-state index is 9.21. The molecule has 5 aromatic carbocycles. The average molecular weight is 637 g/mol. The van der Waals surface area contributed by atoms with Gasteiger partial charge in [0.05, 0.1) is 68.1 Å². The van der Waals surface area contributed by atoms with Gasteiger partial charge in [0.2, 0.25) is 0 Å². The second-order valence-corrected chi connectivity index (χ2v) is 12.2. The monoisotopic (exact) mass is 636 g/mol. The summed E-state index contributed by atoms with van der Waals surface area (Å²) >= 11 is 0. The minimum absolute atomic E-state index is 0.617. The summed E-state index contributed by atoms with van der Waals surface area (Å²) < 4.78 is 0. The van der Waals surface area contributed by atoms with Crippen molar-refractivity contribution in [1.82, 2.24) is 19.9 Å². The number of rotatable bonds is 4. The molecular formula is C44H24N6. The van der Waals surface area contributed by atoms with Crippen molar-refractivity contribution in [3.8, 4) is 57.2 Å². The molecule has 0 aliphatic heterocycles.